The first-order valence-electron chi connectivity index (χ1n) is 7.31. The molecule has 1 aliphatic rings. The van der Waals surface area contributed by atoms with Gasteiger partial charge in [0.05, 0.1) is 5.69 Å². The molecule has 7 heteroatoms. The van der Waals surface area contributed by atoms with E-state index < -0.39 is 0 Å². The maximum atomic E-state index is 11.9. The number of amides is 2. The minimum absolute atomic E-state index is 0.0443. The standard InChI is InChI=1S/C15H17N3O2S2/c19-13(18-15-17-11-3-1-4-12(11)22-15)5-2-7-16-14(20)10-6-8-21-9-10/h6,8-9H,1-5,7H2,(H,16,20)(H,17,18,19). The van der Waals surface area contributed by atoms with Gasteiger partial charge >= 0.3 is 0 Å². The molecular formula is C15H17N3O2S2. The third-order valence-corrected chi connectivity index (χ3v) is 5.25. The molecule has 2 aromatic heterocycles. The average molecular weight is 335 g/mol. The van der Waals surface area contributed by atoms with E-state index in [1.807, 2.05) is 10.8 Å². The SMILES string of the molecule is O=C(CCCNC(=O)c1ccsc1)Nc1nc2c(s1)CCC2. The normalized spacial score (nSPS) is 12.9. The topological polar surface area (TPSA) is 71.1 Å². The van der Waals surface area contributed by atoms with Gasteiger partial charge in [-0.15, -0.1) is 11.3 Å². The predicted molar refractivity (Wildman–Crippen MR) is 88.7 cm³/mol. The number of aromatic nitrogens is 1. The van der Waals surface area contributed by atoms with Crippen LogP contribution in [0.3, 0.4) is 0 Å². The number of rotatable bonds is 6. The number of hydrogen-bond donors (Lipinski definition) is 2. The van der Waals surface area contributed by atoms with Crippen molar-refractivity contribution in [3.05, 3.63) is 33.0 Å². The maximum absolute atomic E-state index is 11.9. The fraction of sp³-hybridized carbons (Fsp3) is 0.400. The van der Waals surface area contributed by atoms with E-state index in [1.165, 1.54) is 22.6 Å². The minimum Gasteiger partial charge on any atom is -0.352 e. The van der Waals surface area contributed by atoms with Crippen molar-refractivity contribution < 1.29 is 9.59 Å². The Morgan fingerprint density at radius 3 is 3.00 bits per heavy atom. The van der Waals surface area contributed by atoms with Gasteiger partial charge in [-0.05, 0) is 37.1 Å². The zero-order valence-electron chi connectivity index (χ0n) is 12.1. The van der Waals surface area contributed by atoms with Crippen molar-refractivity contribution in [3.8, 4) is 0 Å². The van der Waals surface area contributed by atoms with Gasteiger partial charge in [0, 0.05) is 28.8 Å². The van der Waals surface area contributed by atoms with Crippen LogP contribution in [0.2, 0.25) is 0 Å². The fourth-order valence-electron chi connectivity index (χ4n) is 2.37. The number of carbonyl (C=O) groups excluding carboxylic acids is 2. The maximum Gasteiger partial charge on any atom is 0.252 e. The molecule has 0 aromatic carbocycles. The lowest BCUT2D eigenvalue weighted by Crippen LogP contribution is -2.25. The van der Waals surface area contributed by atoms with Gasteiger partial charge in [-0.2, -0.15) is 11.3 Å². The summed E-state index contributed by atoms with van der Waals surface area (Å²) in [4.78, 5) is 29.3. The Kier molecular flexibility index (Phi) is 4.84. The van der Waals surface area contributed by atoms with Crippen LogP contribution in [0, 0.1) is 0 Å². The zero-order chi connectivity index (χ0) is 15.4. The van der Waals surface area contributed by atoms with Crippen LogP contribution in [0.5, 0.6) is 0 Å². The molecule has 1 aliphatic carbocycles. The number of hydrogen-bond acceptors (Lipinski definition) is 5. The number of thiophene rings is 1. The minimum atomic E-state index is -0.0852. The van der Waals surface area contributed by atoms with E-state index in [2.05, 4.69) is 15.6 Å². The first-order chi connectivity index (χ1) is 10.7. The van der Waals surface area contributed by atoms with E-state index in [9.17, 15) is 9.59 Å². The van der Waals surface area contributed by atoms with E-state index >= 15 is 0 Å². The Morgan fingerprint density at radius 1 is 1.32 bits per heavy atom. The van der Waals surface area contributed by atoms with E-state index in [-0.39, 0.29) is 11.8 Å². The van der Waals surface area contributed by atoms with Crippen LogP contribution >= 0.6 is 22.7 Å². The molecule has 0 saturated carbocycles. The third-order valence-electron chi connectivity index (χ3n) is 3.49. The van der Waals surface area contributed by atoms with Crippen molar-refractivity contribution in [1.82, 2.24) is 10.3 Å². The second-order valence-electron chi connectivity index (χ2n) is 5.16. The van der Waals surface area contributed by atoms with E-state index in [1.54, 1.807) is 17.4 Å². The van der Waals surface area contributed by atoms with Gasteiger partial charge in [-0.1, -0.05) is 0 Å². The van der Waals surface area contributed by atoms with E-state index in [0.29, 0.717) is 30.1 Å². The summed E-state index contributed by atoms with van der Waals surface area (Å²) in [6.07, 6.45) is 4.28. The summed E-state index contributed by atoms with van der Waals surface area (Å²) >= 11 is 3.07. The molecule has 5 nitrogen and oxygen atoms in total. The van der Waals surface area contributed by atoms with E-state index in [4.69, 9.17) is 0 Å². The number of nitrogens with zero attached hydrogens (tertiary/aromatic N) is 1. The second kappa shape index (κ2) is 7.02. The molecule has 2 amide bonds. The number of thiazole rings is 1. The molecule has 0 unspecified atom stereocenters. The Hall–Kier alpha value is -1.73. The predicted octanol–water partition coefficient (Wildman–Crippen LogP) is 2.84. The Bertz CT molecular complexity index is 643. The van der Waals surface area contributed by atoms with Gasteiger partial charge in [0.1, 0.15) is 0 Å². The largest absolute Gasteiger partial charge is 0.352 e. The van der Waals surface area contributed by atoms with Crippen LogP contribution < -0.4 is 10.6 Å². The van der Waals surface area contributed by atoms with Crippen LogP contribution in [0.1, 0.15) is 40.2 Å². The Balaban J connectivity index is 1.36. The zero-order valence-corrected chi connectivity index (χ0v) is 13.7. The molecule has 0 aliphatic heterocycles. The summed E-state index contributed by atoms with van der Waals surface area (Å²) < 4.78 is 0. The summed E-state index contributed by atoms with van der Waals surface area (Å²) in [7, 11) is 0. The smallest absolute Gasteiger partial charge is 0.252 e. The summed E-state index contributed by atoms with van der Waals surface area (Å²) in [5, 5.41) is 10.0. The molecule has 22 heavy (non-hydrogen) atoms. The number of anilines is 1. The van der Waals surface area contributed by atoms with Crippen LogP contribution in [0.25, 0.3) is 0 Å². The average Bonchev–Trinajstić information content (AvgIpc) is 3.19. The van der Waals surface area contributed by atoms with Gasteiger partial charge in [0.2, 0.25) is 5.91 Å². The van der Waals surface area contributed by atoms with Crippen LogP contribution in [-0.2, 0) is 17.6 Å². The highest BCUT2D eigenvalue weighted by atomic mass is 32.1. The highest BCUT2D eigenvalue weighted by Gasteiger charge is 2.17. The molecule has 2 N–H and O–H groups in total. The molecule has 0 fully saturated rings. The number of nitrogens with one attached hydrogen (secondary N) is 2. The molecule has 3 rings (SSSR count). The molecule has 116 valence electrons. The summed E-state index contributed by atoms with van der Waals surface area (Å²) in [5.41, 5.74) is 1.81. The highest BCUT2D eigenvalue weighted by Crippen LogP contribution is 2.30. The lowest BCUT2D eigenvalue weighted by molar-refractivity contribution is -0.116. The number of aryl methyl sites for hydroxylation is 2. The first-order valence-corrected chi connectivity index (χ1v) is 9.07. The number of fused-ring (bicyclic) bond motifs is 1. The van der Waals surface area contributed by atoms with Crippen LogP contribution in [-0.4, -0.2) is 23.3 Å². The van der Waals surface area contributed by atoms with Gasteiger partial charge in [-0.3, -0.25) is 9.59 Å². The highest BCUT2D eigenvalue weighted by molar-refractivity contribution is 7.15. The third kappa shape index (κ3) is 3.72. The Labute approximate surface area is 136 Å². The first kappa shape index (κ1) is 15.2. The fourth-order valence-corrected chi connectivity index (χ4v) is 4.07. The van der Waals surface area contributed by atoms with Crippen molar-refractivity contribution in [2.75, 3.05) is 11.9 Å². The number of carbonyl (C=O) groups is 2. The molecular weight excluding hydrogens is 318 g/mol. The van der Waals surface area contributed by atoms with Gasteiger partial charge in [0.25, 0.3) is 5.91 Å². The lowest BCUT2D eigenvalue weighted by Gasteiger charge is -2.04. The molecule has 0 spiro atoms. The quantitative estimate of drug-likeness (QED) is 0.798. The molecule has 0 saturated heterocycles. The van der Waals surface area contributed by atoms with Gasteiger partial charge < -0.3 is 10.6 Å². The van der Waals surface area contributed by atoms with E-state index in [0.717, 1.165) is 18.5 Å². The molecule has 0 radical (unpaired) electrons. The lowest BCUT2D eigenvalue weighted by atomic mass is 10.2. The van der Waals surface area contributed by atoms with Crippen molar-refractivity contribution >= 4 is 39.6 Å². The van der Waals surface area contributed by atoms with Crippen molar-refractivity contribution in [2.45, 2.75) is 32.1 Å². The van der Waals surface area contributed by atoms with Crippen molar-refractivity contribution in [3.63, 3.8) is 0 Å². The van der Waals surface area contributed by atoms with Crippen LogP contribution in [0.15, 0.2) is 16.8 Å². The molecule has 2 heterocycles. The van der Waals surface area contributed by atoms with Gasteiger partial charge in [0.15, 0.2) is 5.13 Å². The molecule has 0 atom stereocenters. The summed E-state index contributed by atoms with van der Waals surface area (Å²) in [6, 6.07) is 1.79. The monoisotopic (exact) mass is 335 g/mol. The van der Waals surface area contributed by atoms with Crippen molar-refractivity contribution in [1.29, 1.82) is 0 Å². The second-order valence-corrected chi connectivity index (χ2v) is 7.03. The van der Waals surface area contributed by atoms with Crippen molar-refractivity contribution in [2.24, 2.45) is 0 Å². The summed E-state index contributed by atoms with van der Waals surface area (Å²) in [5.74, 6) is -0.129. The van der Waals surface area contributed by atoms with Gasteiger partial charge in [-0.25, -0.2) is 4.98 Å². The Morgan fingerprint density at radius 2 is 2.23 bits per heavy atom. The van der Waals surface area contributed by atoms with Crippen LogP contribution in [0.4, 0.5) is 5.13 Å². The summed E-state index contributed by atoms with van der Waals surface area (Å²) in [6.45, 7) is 0.496. The molecule has 0 bridgehead atoms. The molecule has 2 aromatic rings.